The molecule has 2 rings (SSSR count). The minimum atomic E-state index is -0.929. The molecular formula is C14H24N2O3. The Balaban J connectivity index is 1.88. The van der Waals surface area contributed by atoms with E-state index < -0.39 is 12.0 Å². The fraction of sp³-hybridized carbons (Fsp3) is 0.857. The molecule has 19 heavy (non-hydrogen) atoms. The molecule has 1 saturated carbocycles. The lowest BCUT2D eigenvalue weighted by Gasteiger charge is -2.24. The summed E-state index contributed by atoms with van der Waals surface area (Å²) in [5.41, 5.74) is 0.163. The first kappa shape index (κ1) is 14.3. The third-order valence-corrected chi connectivity index (χ3v) is 4.43. The molecule has 3 N–H and O–H groups in total. The van der Waals surface area contributed by atoms with Gasteiger partial charge >= 0.3 is 5.97 Å². The van der Waals surface area contributed by atoms with Gasteiger partial charge in [0.25, 0.3) is 0 Å². The van der Waals surface area contributed by atoms with Crippen LogP contribution in [0.2, 0.25) is 0 Å². The third-order valence-electron chi connectivity index (χ3n) is 4.43. The Kier molecular flexibility index (Phi) is 4.13. The fourth-order valence-electron chi connectivity index (χ4n) is 3.16. The Morgan fingerprint density at radius 3 is 2.53 bits per heavy atom. The van der Waals surface area contributed by atoms with Gasteiger partial charge in [0.2, 0.25) is 5.91 Å². The average molecular weight is 268 g/mol. The van der Waals surface area contributed by atoms with E-state index in [0.29, 0.717) is 6.42 Å². The van der Waals surface area contributed by atoms with E-state index in [4.69, 9.17) is 5.11 Å². The van der Waals surface area contributed by atoms with Crippen LogP contribution >= 0.6 is 0 Å². The SMILES string of the molecule is CC(C)C[C@H](NC(=O)C1CC12CCNCC2)C(=O)O. The number of carbonyl (C=O) groups excluding carboxylic acids is 1. The molecule has 1 saturated heterocycles. The maximum atomic E-state index is 12.2. The monoisotopic (exact) mass is 268 g/mol. The minimum absolute atomic E-state index is 0.0311. The maximum Gasteiger partial charge on any atom is 0.326 e. The molecule has 1 unspecified atom stereocenters. The van der Waals surface area contributed by atoms with Gasteiger partial charge in [-0.3, -0.25) is 4.79 Å². The van der Waals surface area contributed by atoms with Crippen molar-refractivity contribution in [2.24, 2.45) is 17.3 Å². The van der Waals surface area contributed by atoms with Crippen molar-refractivity contribution in [1.29, 1.82) is 0 Å². The lowest BCUT2D eigenvalue weighted by molar-refractivity contribution is -0.142. The van der Waals surface area contributed by atoms with Crippen LogP contribution in [0.1, 0.15) is 39.5 Å². The molecule has 1 heterocycles. The van der Waals surface area contributed by atoms with Crippen molar-refractivity contribution in [2.45, 2.75) is 45.6 Å². The van der Waals surface area contributed by atoms with E-state index in [1.54, 1.807) is 0 Å². The normalized spacial score (nSPS) is 26.2. The van der Waals surface area contributed by atoms with E-state index in [1.165, 1.54) is 0 Å². The zero-order chi connectivity index (χ0) is 14.0. The highest BCUT2D eigenvalue weighted by molar-refractivity contribution is 5.87. The Hall–Kier alpha value is -1.10. The standard InChI is InChI=1S/C14H24N2O3/c1-9(2)7-11(13(18)19)16-12(17)10-8-14(10)3-5-15-6-4-14/h9-11,15H,3-8H2,1-2H3,(H,16,17)(H,18,19)/t10?,11-/m0/s1. The Morgan fingerprint density at radius 2 is 2.00 bits per heavy atom. The van der Waals surface area contributed by atoms with Crippen molar-refractivity contribution < 1.29 is 14.7 Å². The van der Waals surface area contributed by atoms with Crippen LogP contribution in [0, 0.1) is 17.3 Å². The van der Waals surface area contributed by atoms with Gasteiger partial charge in [-0.2, -0.15) is 0 Å². The average Bonchev–Trinajstić information content (AvgIpc) is 3.02. The van der Waals surface area contributed by atoms with Gasteiger partial charge in [-0.15, -0.1) is 0 Å². The second-order valence-corrected chi connectivity index (χ2v) is 6.40. The zero-order valence-corrected chi connectivity index (χ0v) is 11.7. The lowest BCUT2D eigenvalue weighted by Crippen LogP contribution is -2.43. The van der Waals surface area contributed by atoms with Crippen molar-refractivity contribution in [1.82, 2.24) is 10.6 Å². The molecule has 0 aromatic carbocycles. The van der Waals surface area contributed by atoms with Crippen LogP contribution < -0.4 is 10.6 Å². The van der Waals surface area contributed by atoms with Crippen LogP contribution in [0.15, 0.2) is 0 Å². The summed E-state index contributed by atoms with van der Waals surface area (Å²) in [6, 6.07) is -0.744. The van der Waals surface area contributed by atoms with Crippen LogP contribution in [-0.4, -0.2) is 36.1 Å². The summed E-state index contributed by atoms with van der Waals surface area (Å²) < 4.78 is 0. The summed E-state index contributed by atoms with van der Waals surface area (Å²) in [7, 11) is 0. The molecule has 5 heteroatoms. The number of nitrogens with one attached hydrogen (secondary N) is 2. The molecule has 1 aliphatic carbocycles. The van der Waals surface area contributed by atoms with Crippen LogP contribution in [0.5, 0.6) is 0 Å². The third kappa shape index (κ3) is 3.26. The van der Waals surface area contributed by atoms with Crippen molar-refractivity contribution in [3.63, 3.8) is 0 Å². The maximum absolute atomic E-state index is 12.2. The summed E-state index contributed by atoms with van der Waals surface area (Å²) in [5, 5.41) is 15.2. The molecule has 2 atom stereocenters. The minimum Gasteiger partial charge on any atom is -0.480 e. The van der Waals surface area contributed by atoms with Gasteiger partial charge in [0.05, 0.1) is 0 Å². The number of carbonyl (C=O) groups is 2. The molecule has 2 fully saturated rings. The van der Waals surface area contributed by atoms with Crippen molar-refractivity contribution in [2.75, 3.05) is 13.1 Å². The van der Waals surface area contributed by atoms with E-state index >= 15 is 0 Å². The van der Waals surface area contributed by atoms with E-state index in [2.05, 4.69) is 10.6 Å². The van der Waals surface area contributed by atoms with Crippen LogP contribution in [0.3, 0.4) is 0 Å². The van der Waals surface area contributed by atoms with E-state index in [-0.39, 0.29) is 23.2 Å². The van der Waals surface area contributed by atoms with Crippen LogP contribution in [-0.2, 0) is 9.59 Å². The highest BCUT2D eigenvalue weighted by Crippen LogP contribution is 2.58. The number of hydrogen-bond donors (Lipinski definition) is 3. The van der Waals surface area contributed by atoms with E-state index in [9.17, 15) is 9.59 Å². The zero-order valence-electron chi connectivity index (χ0n) is 11.7. The van der Waals surface area contributed by atoms with Gasteiger partial charge in [0.1, 0.15) is 6.04 Å². The molecule has 108 valence electrons. The number of hydrogen-bond acceptors (Lipinski definition) is 3. The molecule has 0 aromatic heterocycles. The van der Waals surface area contributed by atoms with Gasteiger partial charge in [-0.05, 0) is 50.1 Å². The smallest absolute Gasteiger partial charge is 0.326 e. The van der Waals surface area contributed by atoms with Crippen molar-refractivity contribution in [3.8, 4) is 0 Å². The topological polar surface area (TPSA) is 78.4 Å². The summed E-state index contributed by atoms with van der Waals surface area (Å²) in [6.07, 6.45) is 3.48. The Morgan fingerprint density at radius 1 is 1.37 bits per heavy atom. The number of carboxylic acids is 1. The molecule has 0 bridgehead atoms. The number of aliphatic carboxylic acids is 1. The summed E-state index contributed by atoms with van der Waals surface area (Å²) >= 11 is 0. The second-order valence-electron chi connectivity index (χ2n) is 6.40. The largest absolute Gasteiger partial charge is 0.480 e. The number of carboxylic acid groups (broad SMARTS) is 1. The van der Waals surface area contributed by atoms with Crippen molar-refractivity contribution >= 4 is 11.9 Å². The molecule has 1 amide bonds. The van der Waals surface area contributed by atoms with Gasteiger partial charge < -0.3 is 15.7 Å². The fourth-order valence-corrected chi connectivity index (χ4v) is 3.16. The molecule has 5 nitrogen and oxygen atoms in total. The van der Waals surface area contributed by atoms with Gasteiger partial charge in [0.15, 0.2) is 0 Å². The van der Waals surface area contributed by atoms with Gasteiger partial charge in [0, 0.05) is 5.92 Å². The first-order valence-corrected chi connectivity index (χ1v) is 7.18. The second kappa shape index (κ2) is 5.49. The number of piperidine rings is 1. The van der Waals surface area contributed by atoms with Gasteiger partial charge in [-0.1, -0.05) is 13.8 Å². The Bertz CT molecular complexity index is 362. The molecule has 1 spiro atoms. The quantitative estimate of drug-likeness (QED) is 0.695. The predicted octanol–water partition coefficient (Wildman–Crippen LogP) is 0.992. The summed E-state index contributed by atoms with van der Waals surface area (Å²) in [4.78, 5) is 23.3. The van der Waals surface area contributed by atoms with E-state index in [1.807, 2.05) is 13.8 Å². The lowest BCUT2D eigenvalue weighted by atomic mass is 9.91. The van der Waals surface area contributed by atoms with E-state index in [0.717, 1.165) is 32.4 Å². The van der Waals surface area contributed by atoms with Crippen LogP contribution in [0.25, 0.3) is 0 Å². The predicted molar refractivity (Wildman–Crippen MR) is 71.7 cm³/mol. The highest BCUT2D eigenvalue weighted by Gasteiger charge is 2.57. The number of rotatable bonds is 5. The molecule has 2 aliphatic rings. The molecule has 0 radical (unpaired) electrons. The van der Waals surface area contributed by atoms with Gasteiger partial charge in [-0.25, -0.2) is 4.79 Å². The van der Waals surface area contributed by atoms with Crippen LogP contribution in [0.4, 0.5) is 0 Å². The van der Waals surface area contributed by atoms with Crippen molar-refractivity contribution in [3.05, 3.63) is 0 Å². The molecule has 0 aromatic rings. The highest BCUT2D eigenvalue weighted by atomic mass is 16.4. The molecular weight excluding hydrogens is 244 g/mol. The molecule has 1 aliphatic heterocycles. The Labute approximate surface area is 114 Å². The summed E-state index contributed by atoms with van der Waals surface area (Å²) in [5.74, 6) is -0.700. The summed E-state index contributed by atoms with van der Waals surface area (Å²) in [6.45, 7) is 5.87. The first-order valence-electron chi connectivity index (χ1n) is 7.18. The number of amides is 1. The first-order chi connectivity index (χ1) is 8.94.